The van der Waals surface area contributed by atoms with Crippen molar-refractivity contribution >= 4 is 11.2 Å². The predicted octanol–water partition coefficient (Wildman–Crippen LogP) is 0.797. The summed E-state index contributed by atoms with van der Waals surface area (Å²) in [4.78, 5) is 12.1. The molecule has 3 heterocycles. The van der Waals surface area contributed by atoms with Gasteiger partial charge >= 0.3 is 0 Å². The zero-order valence-electron chi connectivity index (χ0n) is 9.86. The monoisotopic (exact) mass is 232 g/mol. The number of aromatic amines is 1. The van der Waals surface area contributed by atoms with Gasteiger partial charge in [0.15, 0.2) is 5.65 Å². The van der Waals surface area contributed by atoms with Crippen LogP contribution in [0.5, 0.6) is 0 Å². The van der Waals surface area contributed by atoms with Gasteiger partial charge in [-0.25, -0.2) is 9.97 Å². The van der Waals surface area contributed by atoms with Crippen LogP contribution in [-0.2, 0) is 11.2 Å². The summed E-state index contributed by atoms with van der Waals surface area (Å²) in [5, 5.41) is 3.42. The van der Waals surface area contributed by atoms with Gasteiger partial charge in [-0.05, 0) is 18.6 Å². The Labute approximate surface area is 99.6 Å². The van der Waals surface area contributed by atoms with E-state index in [9.17, 15) is 0 Å². The Hall–Kier alpha value is -1.46. The van der Waals surface area contributed by atoms with Crippen LogP contribution in [0.3, 0.4) is 0 Å². The van der Waals surface area contributed by atoms with Crippen molar-refractivity contribution in [2.45, 2.75) is 19.4 Å². The van der Waals surface area contributed by atoms with Crippen LogP contribution in [0.25, 0.3) is 11.2 Å². The van der Waals surface area contributed by atoms with Crippen LogP contribution in [-0.4, -0.2) is 40.8 Å². The van der Waals surface area contributed by atoms with E-state index in [1.807, 2.05) is 13.1 Å². The van der Waals surface area contributed by atoms with E-state index >= 15 is 0 Å². The average molecular weight is 232 g/mol. The van der Waals surface area contributed by atoms with Gasteiger partial charge in [-0.3, -0.25) is 0 Å². The van der Waals surface area contributed by atoms with Crippen LogP contribution < -0.4 is 5.32 Å². The molecule has 1 aliphatic rings. The summed E-state index contributed by atoms with van der Waals surface area (Å²) < 4.78 is 5.43. The minimum Gasteiger partial charge on any atom is -0.379 e. The van der Waals surface area contributed by atoms with Crippen molar-refractivity contribution in [3.05, 3.63) is 23.7 Å². The molecule has 2 N–H and O–H groups in total. The second kappa shape index (κ2) is 4.43. The normalized spacial score (nSPS) is 20.9. The Balaban J connectivity index is 1.80. The van der Waals surface area contributed by atoms with Crippen molar-refractivity contribution in [1.82, 2.24) is 20.3 Å². The van der Waals surface area contributed by atoms with Crippen LogP contribution in [0, 0.1) is 6.92 Å². The zero-order chi connectivity index (χ0) is 11.7. The lowest BCUT2D eigenvalue weighted by Crippen LogP contribution is -2.42. The molecule has 1 unspecified atom stereocenters. The fourth-order valence-corrected chi connectivity index (χ4v) is 2.14. The molecule has 0 bridgehead atoms. The van der Waals surface area contributed by atoms with Crippen LogP contribution in [0.1, 0.15) is 11.4 Å². The number of morpholine rings is 1. The van der Waals surface area contributed by atoms with E-state index < -0.39 is 0 Å². The van der Waals surface area contributed by atoms with Crippen molar-refractivity contribution in [3.8, 4) is 0 Å². The number of aryl methyl sites for hydroxylation is 1. The summed E-state index contributed by atoms with van der Waals surface area (Å²) in [6, 6.07) is 2.43. The number of aromatic nitrogens is 3. The van der Waals surface area contributed by atoms with Crippen molar-refractivity contribution in [3.63, 3.8) is 0 Å². The molecular formula is C12H16N4O. The van der Waals surface area contributed by atoms with Crippen molar-refractivity contribution in [2.75, 3.05) is 19.8 Å². The lowest BCUT2D eigenvalue weighted by Gasteiger charge is -2.22. The highest BCUT2D eigenvalue weighted by Crippen LogP contribution is 2.11. The lowest BCUT2D eigenvalue weighted by atomic mass is 10.2. The van der Waals surface area contributed by atoms with Gasteiger partial charge in [0.2, 0.25) is 0 Å². The van der Waals surface area contributed by atoms with Gasteiger partial charge in [0.05, 0.1) is 18.7 Å². The SMILES string of the molecule is Cc1cnc2nc(CC3COCCN3)[nH]c2c1. The number of nitrogens with one attached hydrogen (secondary N) is 2. The molecule has 5 heteroatoms. The maximum atomic E-state index is 5.43. The number of fused-ring (bicyclic) bond motifs is 1. The van der Waals surface area contributed by atoms with Gasteiger partial charge < -0.3 is 15.0 Å². The lowest BCUT2D eigenvalue weighted by molar-refractivity contribution is 0.0765. The molecule has 0 amide bonds. The number of ether oxygens (including phenoxy) is 1. The third-order valence-corrected chi connectivity index (χ3v) is 2.96. The molecule has 1 saturated heterocycles. The number of H-pyrrole nitrogens is 1. The standard InChI is InChI=1S/C12H16N4O/c1-8-4-10-12(14-6-8)16-11(15-10)5-9-7-17-3-2-13-9/h4,6,9,13H,2-3,5,7H2,1H3,(H,14,15,16). The van der Waals surface area contributed by atoms with Crippen LogP contribution in [0.2, 0.25) is 0 Å². The fraction of sp³-hybridized carbons (Fsp3) is 0.500. The molecule has 2 aromatic heterocycles. The molecule has 0 radical (unpaired) electrons. The Bertz CT molecular complexity index is 516. The summed E-state index contributed by atoms with van der Waals surface area (Å²) in [7, 11) is 0. The number of pyridine rings is 1. The number of imidazole rings is 1. The minimum absolute atomic E-state index is 0.352. The summed E-state index contributed by atoms with van der Waals surface area (Å²) >= 11 is 0. The van der Waals surface area contributed by atoms with E-state index in [1.165, 1.54) is 0 Å². The van der Waals surface area contributed by atoms with E-state index in [0.717, 1.165) is 48.7 Å². The van der Waals surface area contributed by atoms with Crippen molar-refractivity contribution in [2.24, 2.45) is 0 Å². The second-order valence-corrected chi connectivity index (χ2v) is 4.50. The van der Waals surface area contributed by atoms with E-state index in [1.54, 1.807) is 0 Å². The van der Waals surface area contributed by atoms with Gasteiger partial charge in [-0.2, -0.15) is 0 Å². The van der Waals surface area contributed by atoms with E-state index in [-0.39, 0.29) is 0 Å². The first-order valence-electron chi connectivity index (χ1n) is 5.93. The molecule has 1 atom stereocenters. The maximum Gasteiger partial charge on any atom is 0.177 e. The zero-order valence-corrected chi connectivity index (χ0v) is 9.86. The fourth-order valence-electron chi connectivity index (χ4n) is 2.14. The molecule has 0 aliphatic carbocycles. The Morgan fingerprint density at radius 2 is 2.47 bits per heavy atom. The van der Waals surface area contributed by atoms with Gasteiger partial charge in [0.25, 0.3) is 0 Å². The van der Waals surface area contributed by atoms with Crippen LogP contribution in [0.4, 0.5) is 0 Å². The van der Waals surface area contributed by atoms with Crippen LogP contribution in [0.15, 0.2) is 12.3 Å². The number of nitrogens with zero attached hydrogens (tertiary/aromatic N) is 2. The number of hydrogen-bond donors (Lipinski definition) is 2. The van der Waals surface area contributed by atoms with E-state index in [0.29, 0.717) is 6.04 Å². The van der Waals surface area contributed by atoms with Gasteiger partial charge in [0, 0.05) is 25.2 Å². The van der Waals surface area contributed by atoms with Gasteiger partial charge in [-0.1, -0.05) is 0 Å². The summed E-state index contributed by atoms with van der Waals surface area (Å²) in [6.07, 6.45) is 2.70. The Morgan fingerprint density at radius 1 is 1.53 bits per heavy atom. The highest BCUT2D eigenvalue weighted by molar-refractivity contribution is 5.70. The minimum atomic E-state index is 0.352. The van der Waals surface area contributed by atoms with Gasteiger partial charge in [-0.15, -0.1) is 0 Å². The summed E-state index contributed by atoms with van der Waals surface area (Å²) in [5.41, 5.74) is 2.95. The molecular weight excluding hydrogens is 216 g/mol. The molecule has 0 saturated carbocycles. The van der Waals surface area contributed by atoms with Crippen molar-refractivity contribution < 1.29 is 4.74 Å². The van der Waals surface area contributed by atoms with Crippen LogP contribution >= 0.6 is 0 Å². The molecule has 1 aliphatic heterocycles. The third-order valence-electron chi connectivity index (χ3n) is 2.96. The highest BCUT2D eigenvalue weighted by Gasteiger charge is 2.15. The number of hydrogen-bond acceptors (Lipinski definition) is 4. The predicted molar refractivity (Wildman–Crippen MR) is 64.9 cm³/mol. The third kappa shape index (κ3) is 2.30. The molecule has 1 fully saturated rings. The summed E-state index contributed by atoms with van der Waals surface area (Å²) in [5.74, 6) is 0.973. The first-order chi connectivity index (χ1) is 8.31. The number of rotatable bonds is 2. The first-order valence-corrected chi connectivity index (χ1v) is 5.93. The molecule has 3 rings (SSSR count). The second-order valence-electron chi connectivity index (χ2n) is 4.50. The van der Waals surface area contributed by atoms with Gasteiger partial charge in [0.1, 0.15) is 5.82 Å². The Kier molecular flexibility index (Phi) is 2.78. The molecule has 5 nitrogen and oxygen atoms in total. The highest BCUT2D eigenvalue weighted by atomic mass is 16.5. The first kappa shape index (κ1) is 10.7. The van der Waals surface area contributed by atoms with E-state index in [4.69, 9.17) is 4.74 Å². The molecule has 17 heavy (non-hydrogen) atoms. The average Bonchev–Trinajstić information content (AvgIpc) is 2.71. The maximum absolute atomic E-state index is 5.43. The largest absolute Gasteiger partial charge is 0.379 e. The molecule has 90 valence electrons. The molecule has 0 spiro atoms. The smallest absolute Gasteiger partial charge is 0.177 e. The van der Waals surface area contributed by atoms with E-state index in [2.05, 4.69) is 26.3 Å². The topological polar surface area (TPSA) is 62.8 Å². The quantitative estimate of drug-likeness (QED) is 0.804. The molecule has 0 aromatic carbocycles. The Morgan fingerprint density at radius 3 is 3.29 bits per heavy atom. The summed E-state index contributed by atoms with van der Waals surface area (Å²) in [6.45, 7) is 4.51. The molecule has 2 aromatic rings. The van der Waals surface area contributed by atoms with Crippen molar-refractivity contribution in [1.29, 1.82) is 0 Å².